The minimum atomic E-state index is -5.55. The Morgan fingerprint density at radius 2 is 1.89 bits per heavy atom. The summed E-state index contributed by atoms with van der Waals surface area (Å²) in [4.78, 5) is 0. The molecule has 0 amide bonds. The molecular formula is C11H15F3O3S. The van der Waals surface area contributed by atoms with Crippen LogP contribution in [0.5, 0.6) is 0 Å². The van der Waals surface area contributed by atoms with Crippen molar-refractivity contribution in [2.45, 2.75) is 39.1 Å². The fraction of sp³-hybridized carbons (Fsp3) is 0.818. The number of allylic oxidation sites excluding steroid dienone is 2. The van der Waals surface area contributed by atoms with E-state index in [1.165, 1.54) is 0 Å². The maximum Gasteiger partial charge on any atom is 0.534 e. The third kappa shape index (κ3) is 1.66. The second-order valence-corrected chi connectivity index (χ2v) is 7.30. The molecule has 2 bridgehead atoms. The largest absolute Gasteiger partial charge is 0.534 e. The SMILES string of the molecule is CC1(C)[C@@H]2CC[C@]1(C)C=C2OS(=O)(=O)C(F)(F)F. The number of hydrogen-bond donors (Lipinski definition) is 0. The Hall–Kier alpha value is -0.720. The first-order chi connectivity index (χ1) is 7.91. The Morgan fingerprint density at radius 1 is 1.33 bits per heavy atom. The molecule has 18 heavy (non-hydrogen) atoms. The Morgan fingerprint density at radius 3 is 2.22 bits per heavy atom. The molecule has 2 aliphatic rings. The molecule has 2 aliphatic carbocycles. The number of rotatable bonds is 2. The quantitative estimate of drug-likeness (QED) is 0.577. The maximum atomic E-state index is 12.3. The molecule has 0 saturated heterocycles. The molecule has 0 aliphatic heterocycles. The number of halogens is 3. The van der Waals surface area contributed by atoms with E-state index < -0.39 is 15.6 Å². The first-order valence-corrected chi connectivity index (χ1v) is 7.05. The summed E-state index contributed by atoms with van der Waals surface area (Å²) in [6.45, 7) is 5.78. The van der Waals surface area contributed by atoms with Crippen molar-refractivity contribution in [3.63, 3.8) is 0 Å². The minimum Gasteiger partial charge on any atom is -0.381 e. The molecule has 104 valence electrons. The van der Waals surface area contributed by atoms with Crippen LogP contribution < -0.4 is 0 Å². The summed E-state index contributed by atoms with van der Waals surface area (Å²) >= 11 is 0. The van der Waals surface area contributed by atoms with E-state index in [1.54, 1.807) is 6.08 Å². The van der Waals surface area contributed by atoms with Crippen molar-refractivity contribution in [2.75, 3.05) is 0 Å². The van der Waals surface area contributed by atoms with Crippen LogP contribution in [0.15, 0.2) is 11.8 Å². The van der Waals surface area contributed by atoms with E-state index >= 15 is 0 Å². The summed E-state index contributed by atoms with van der Waals surface area (Å²) in [5, 5.41) is 0. The molecule has 7 heteroatoms. The van der Waals surface area contributed by atoms with E-state index in [0.717, 1.165) is 6.42 Å². The lowest BCUT2D eigenvalue weighted by molar-refractivity contribution is -0.0528. The van der Waals surface area contributed by atoms with Gasteiger partial charge in [0.2, 0.25) is 0 Å². The van der Waals surface area contributed by atoms with Crippen molar-refractivity contribution in [1.29, 1.82) is 0 Å². The van der Waals surface area contributed by atoms with Crippen molar-refractivity contribution in [1.82, 2.24) is 0 Å². The number of fused-ring (bicyclic) bond motifs is 2. The molecule has 0 aromatic heterocycles. The zero-order chi connectivity index (χ0) is 14.0. The van der Waals surface area contributed by atoms with Crippen LogP contribution in [0.3, 0.4) is 0 Å². The van der Waals surface area contributed by atoms with Gasteiger partial charge in [0, 0.05) is 5.92 Å². The Kier molecular flexibility index (Phi) is 2.61. The third-order valence-corrected chi connectivity index (χ3v) is 5.57. The molecular weight excluding hydrogens is 269 g/mol. The summed E-state index contributed by atoms with van der Waals surface area (Å²) in [7, 11) is -5.55. The van der Waals surface area contributed by atoms with Crippen molar-refractivity contribution in [2.24, 2.45) is 16.7 Å². The topological polar surface area (TPSA) is 43.4 Å². The predicted octanol–water partition coefficient (Wildman–Crippen LogP) is 3.19. The van der Waals surface area contributed by atoms with Crippen LogP contribution in [-0.2, 0) is 14.3 Å². The molecule has 1 fully saturated rings. The Balaban J connectivity index is 2.31. The van der Waals surface area contributed by atoms with Gasteiger partial charge >= 0.3 is 15.6 Å². The second-order valence-electron chi connectivity index (χ2n) is 5.76. The van der Waals surface area contributed by atoms with Crippen LogP contribution >= 0.6 is 0 Å². The van der Waals surface area contributed by atoms with Gasteiger partial charge in [-0.2, -0.15) is 21.6 Å². The predicted molar refractivity (Wildman–Crippen MR) is 58.8 cm³/mol. The minimum absolute atomic E-state index is 0.0499. The lowest BCUT2D eigenvalue weighted by Gasteiger charge is -2.33. The smallest absolute Gasteiger partial charge is 0.381 e. The first kappa shape index (κ1) is 13.7. The monoisotopic (exact) mass is 284 g/mol. The van der Waals surface area contributed by atoms with Gasteiger partial charge in [-0.3, -0.25) is 0 Å². The molecule has 0 aromatic carbocycles. The summed E-state index contributed by atoms with van der Waals surface area (Å²) in [5.41, 5.74) is -5.95. The van der Waals surface area contributed by atoms with E-state index in [4.69, 9.17) is 0 Å². The average molecular weight is 284 g/mol. The van der Waals surface area contributed by atoms with Crippen molar-refractivity contribution in [3.05, 3.63) is 11.8 Å². The van der Waals surface area contributed by atoms with E-state index in [-0.39, 0.29) is 22.5 Å². The molecule has 0 heterocycles. The Bertz CT molecular complexity index is 504. The molecule has 0 radical (unpaired) electrons. The summed E-state index contributed by atoms with van der Waals surface area (Å²) in [5.74, 6) is -0.314. The highest BCUT2D eigenvalue weighted by molar-refractivity contribution is 7.87. The molecule has 0 N–H and O–H groups in total. The fourth-order valence-electron chi connectivity index (χ4n) is 2.95. The van der Waals surface area contributed by atoms with Crippen LogP contribution in [0.2, 0.25) is 0 Å². The zero-order valence-corrected chi connectivity index (χ0v) is 11.2. The van der Waals surface area contributed by atoms with Crippen LogP contribution in [0.25, 0.3) is 0 Å². The van der Waals surface area contributed by atoms with Gasteiger partial charge in [0.05, 0.1) is 0 Å². The third-order valence-electron chi connectivity index (χ3n) is 4.59. The van der Waals surface area contributed by atoms with Gasteiger partial charge in [0.25, 0.3) is 0 Å². The highest BCUT2D eigenvalue weighted by Gasteiger charge is 2.59. The van der Waals surface area contributed by atoms with E-state index in [1.807, 2.05) is 20.8 Å². The van der Waals surface area contributed by atoms with Crippen molar-refractivity contribution in [3.8, 4) is 0 Å². The highest BCUT2D eigenvalue weighted by Crippen LogP contribution is 2.64. The van der Waals surface area contributed by atoms with Crippen molar-refractivity contribution >= 4 is 10.1 Å². The van der Waals surface area contributed by atoms with Crippen LogP contribution in [0.4, 0.5) is 13.2 Å². The van der Waals surface area contributed by atoms with Crippen LogP contribution in [-0.4, -0.2) is 13.9 Å². The number of hydrogen-bond acceptors (Lipinski definition) is 3. The van der Waals surface area contributed by atoms with Gasteiger partial charge in [0.1, 0.15) is 5.76 Å². The normalized spacial score (nSPS) is 34.6. The van der Waals surface area contributed by atoms with Gasteiger partial charge in [-0.25, -0.2) is 0 Å². The van der Waals surface area contributed by atoms with Crippen LogP contribution in [0.1, 0.15) is 33.6 Å². The lowest BCUT2D eigenvalue weighted by Crippen LogP contribution is -2.29. The van der Waals surface area contributed by atoms with Gasteiger partial charge in [0.15, 0.2) is 0 Å². The molecule has 1 saturated carbocycles. The second kappa shape index (κ2) is 3.43. The summed E-state index contributed by atoms with van der Waals surface area (Å²) < 4.78 is 63.2. The molecule has 3 nitrogen and oxygen atoms in total. The molecule has 2 rings (SSSR count). The van der Waals surface area contributed by atoms with Gasteiger partial charge in [-0.15, -0.1) is 0 Å². The maximum absolute atomic E-state index is 12.3. The van der Waals surface area contributed by atoms with Gasteiger partial charge in [-0.05, 0) is 29.7 Å². The fourth-order valence-corrected chi connectivity index (χ4v) is 3.46. The van der Waals surface area contributed by atoms with E-state index in [9.17, 15) is 21.6 Å². The zero-order valence-electron chi connectivity index (χ0n) is 10.3. The van der Waals surface area contributed by atoms with E-state index in [2.05, 4.69) is 4.18 Å². The highest BCUT2D eigenvalue weighted by atomic mass is 32.2. The average Bonchev–Trinajstić information content (AvgIpc) is 2.44. The molecule has 0 aromatic rings. The Labute approximate surface area is 104 Å². The molecule has 2 atom stereocenters. The summed E-state index contributed by atoms with van der Waals surface area (Å²) in [6, 6.07) is 0. The first-order valence-electron chi connectivity index (χ1n) is 5.64. The molecule has 0 spiro atoms. The molecule has 0 unspecified atom stereocenters. The van der Waals surface area contributed by atoms with Gasteiger partial charge < -0.3 is 4.18 Å². The standard InChI is InChI=1S/C11H15F3O3S/c1-9(2)7-4-5-10(9,3)6-8(7)17-18(15,16)11(12,13)14/h6-7H,4-5H2,1-3H3/t7-,10-/m1/s1. The van der Waals surface area contributed by atoms with E-state index in [0.29, 0.717) is 6.42 Å². The lowest BCUT2D eigenvalue weighted by atomic mass is 9.70. The summed E-state index contributed by atoms with van der Waals surface area (Å²) in [6.07, 6.45) is 3.04. The number of alkyl halides is 3. The van der Waals surface area contributed by atoms with Gasteiger partial charge in [-0.1, -0.05) is 20.8 Å². The van der Waals surface area contributed by atoms with Crippen molar-refractivity contribution < 1.29 is 25.8 Å². The van der Waals surface area contributed by atoms with Crippen LogP contribution in [0, 0.1) is 16.7 Å².